The summed E-state index contributed by atoms with van der Waals surface area (Å²) in [6.07, 6.45) is 0.994. The van der Waals surface area contributed by atoms with Crippen LogP contribution in [0, 0.1) is 5.92 Å². The first-order valence-corrected chi connectivity index (χ1v) is 10.7. The molecule has 7 heteroatoms. The Kier molecular flexibility index (Phi) is 6.68. The largest absolute Gasteiger partial charge is 0.481 e. The van der Waals surface area contributed by atoms with Gasteiger partial charge in [0.15, 0.2) is 0 Å². The van der Waals surface area contributed by atoms with E-state index < -0.39 is 11.6 Å². The van der Waals surface area contributed by atoms with Crippen LogP contribution in [-0.4, -0.2) is 64.2 Å². The highest BCUT2D eigenvalue weighted by atomic mass is 16.6. The third-order valence-electron chi connectivity index (χ3n) is 5.91. The van der Waals surface area contributed by atoms with Crippen LogP contribution >= 0.6 is 0 Å². The van der Waals surface area contributed by atoms with E-state index in [9.17, 15) is 14.4 Å². The van der Waals surface area contributed by atoms with Crippen molar-refractivity contribution in [2.75, 3.05) is 19.6 Å². The number of benzene rings is 1. The molecule has 2 aliphatic rings. The Labute approximate surface area is 178 Å². The molecule has 1 N–H and O–H groups in total. The number of carboxylic acids is 1. The summed E-state index contributed by atoms with van der Waals surface area (Å²) >= 11 is 0. The Morgan fingerprint density at radius 2 is 1.80 bits per heavy atom. The van der Waals surface area contributed by atoms with E-state index in [4.69, 9.17) is 9.84 Å². The zero-order valence-corrected chi connectivity index (χ0v) is 18.0. The minimum Gasteiger partial charge on any atom is -0.481 e. The van der Waals surface area contributed by atoms with Crippen LogP contribution < -0.4 is 0 Å². The smallest absolute Gasteiger partial charge is 0.410 e. The van der Waals surface area contributed by atoms with Gasteiger partial charge in [0.25, 0.3) is 0 Å². The van der Waals surface area contributed by atoms with Crippen molar-refractivity contribution >= 4 is 18.0 Å². The van der Waals surface area contributed by atoms with E-state index in [2.05, 4.69) is 12.1 Å². The lowest BCUT2D eigenvalue weighted by Gasteiger charge is -2.39. The molecule has 2 saturated heterocycles. The number of ether oxygens (including phenoxy) is 1. The Bertz CT molecular complexity index is 774. The van der Waals surface area contributed by atoms with Crippen LogP contribution in [0.2, 0.25) is 0 Å². The summed E-state index contributed by atoms with van der Waals surface area (Å²) in [5.41, 5.74) is 0.619. The number of likely N-dealkylation sites (tertiary alicyclic amines) is 2. The van der Waals surface area contributed by atoms with Crippen LogP contribution in [0.3, 0.4) is 0 Å². The summed E-state index contributed by atoms with van der Waals surface area (Å²) in [7, 11) is 0. The van der Waals surface area contributed by atoms with Crippen molar-refractivity contribution in [1.82, 2.24) is 9.80 Å². The van der Waals surface area contributed by atoms with Gasteiger partial charge in [0.1, 0.15) is 5.60 Å². The van der Waals surface area contributed by atoms with Crippen molar-refractivity contribution in [3.05, 3.63) is 35.9 Å². The molecule has 30 heavy (non-hydrogen) atoms. The third-order valence-corrected chi connectivity index (χ3v) is 5.91. The van der Waals surface area contributed by atoms with E-state index in [0.717, 1.165) is 0 Å². The molecule has 0 spiro atoms. The second-order valence-electron chi connectivity index (χ2n) is 9.26. The molecule has 2 aliphatic heterocycles. The lowest BCUT2D eigenvalue weighted by molar-refractivity contribution is -0.137. The first-order valence-electron chi connectivity index (χ1n) is 10.7. The topological polar surface area (TPSA) is 87.2 Å². The molecule has 0 unspecified atom stereocenters. The first-order chi connectivity index (χ1) is 14.2. The van der Waals surface area contributed by atoms with Crippen molar-refractivity contribution in [2.45, 2.75) is 64.0 Å². The second-order valence-corrected chi connectivity index (χ2v) is 9.26. The van der Waals surface area contributed by atoms with Gasteiger partial charge >= 0.3 is 12.1 Å². The molecule has 164 valence electrons. The number of aliphatic carboxylic acids is 1. The highest BCUT2D eigenvalue weighted by molar-refractivity contribution is 5.78. The number of nitrogens with zero attached hydrogens (tertiary/aromatic N) is 2. The van der Waals surface area contributed by atoms with Crippen LogP contribution in [0.1, 0.15) is 57.9 Å². The number of fused-ring (bicyclic) bond motifs is 1. The molecule has 7 nitrogen and oxygen atoms in total. The lowest BCUT2D eigenvalue weighted by Crippen LogP contribution is -2.50. The van der Waals surface area contributed by atoms with E-state index in [0.29, 0.717) is 32.5 Å². The Morgan fingerprint density at radius 3 is 2.43 bits per heavy atom. The molecule has 0 saturated carbocycles. The maximum Gasteiger partial charge on any atom is 0.410 e. The summed E-state index contributed by atoms with van der Waals surface area (Å²) in [6.45, 7) is 7.29. The van der Waals surface area contributed by atoms with Gasteiger partial charge in [-0.05, 0) is 39.2 Å². The van der Waals surface area contributed by atoms with Crippen molar-refractivity contribution in [3.8, 4) is 0 Å². The van der Waals surface area contributed by atoms with E-state index in [1.165, 1.54) is 5.56 Å². The van der Waals surface area contributed by atoms with Gasteiger partial charge in [-0.25, -0.2) is 4.79 Å². The summed E-state index contributed by atoms with van der Waals surface area (Å²) < 4.78 is 5.57. The zero-order valence-electron chi connectivity index (χ0n) is 18.0. The molecule has 1 aromatic carbocycles. The van der Waals surface area contributed by atoms with Crippen LogP contribution in [-0.2, 0) is 14.3 Å². The molecule has 3 atom stereocenters. The summed E-state index contributed by atoms with van der Waals surface area (Å²) in [5, 5.41) is 8.86. The minimum atomic E-state index is -0.880. The molecule has 0 aliphatic carbocycles. The molecular weight excluding hydrogens is 384 g/mol. The SMILES string of the molecule is CC(C)(C)OC(=O)N1CC[C@H]2[C@@H](C1)[C@H](c1ccccc1)CN2C(=O)CCCC(=O)O. The fourth-order valence-corrected chi connectivity index (χ4v) is 4.60. The predicted molar refractivity (Wildman–Crippen MR) is 112 cm³/mol. The first kappa shape index (κ1) is 22.1. The number of carboxylic acid groups (broad SMARTS) is 1. The molecule has 2 heterocycles. The van der Waals surface area contributed by atoms with Crippen LogP contribution in [0.5, 0.6) is 0 Å². The molecule has 2 amide bonds. The second kappa shape index (κ2) is 9.06. The van der Waals surface area contributed by atoms with E-state index in [1.807, 2.05) is 43.9 Å². The molecule has 0 bridgehead atoms. The number of piperidine rings is 1. The van der Waals surface area contributed by atoms with E-state index in [-0.39, 0.29) is 42.7 Å². The van der Waals surface area contributed by atoms with Gasteiger partial charge in [-0.15, -0.1) is 0 Å². The fraction of sp³-hybridized carbons (Fsp3) is 0.609. The Hall–Kier alpha value is -2.57. The summed E-state index contributed by atoms with van der Waals surface area (Å²) in [6, 6.07) is 10.2. The minimum absolute atomic E-state index is 0.00219. The van der Waals surface area contributed by atoms with Gasteiger partial charge in [0, 0.05) is 50.4 Å². The Morgan fingerprint density at radius 1 is 1.10 bits per heavy atom. The van der Waals surface area contributed by atoms with Crippen LogP contribution in [0.15, 0.2) is 30.3 Å². The standard InChI is InChI=1S/C23H32N2O5/c1-23(2,3)30-22(29)24-13-12-19-18(14-24)17(16-8-5-4-6-9-16)15-25(19)20(26)10-7-11-21(27)28/h4-6,8-9,17-19H,7,10-15H2,1-3H3,(H,27,28)/t17-,18-,19-/m0/s1. The number of rotatable bonds is 5. The monoisotopic (exact) mass is 416 g/mol. The van der Waals surface area contributed by atoms with Crippen molar-refractivity contribution < 1.29 is 24.2 Å². The molecule has 2 fully saturated rings. The van der Waals surface area contributed by atoms with Gasteiger partial charge in [0.05, 0.1) is 0 Å². The van der Waals surface area contributed by atoms with Gasteiger partial charge in [0.2, 0.25) is 5.91 Å². The van der Waals surface area contributed by atoms with Crippen LogP contribution in [0.4, 0.5) is 4.79 Å². The van der Waals surface area contributed by atoms with Gasteiger partial charge in [-0.1, -0.05) is 30.3 Å². The van der Waals surface area contributed by atoms with Gasteiger partial charge in [-0.2, -0.15) is 0 Å². The molecule has 0 aromatic heterocycles. The summed E-state index contributed by atoms with van der Waals surface area (Å²) in [5.74, 6) is -0.590. The quantitative estimate of drug-likeness (QED) is 0.794. The fourth-order valence-electron chi connectivity index (χ4n) is 4.60. The van der Waals surface area contributed by atoms with Crippen LogP contribution in [0.25, 0.3) is 0 Å². The zero-order chi connectivity index (χ0) is 21.9. The number of carbonyl (C=O) groups is 3. The normalized spacial score (nSPS) is 23.8. The summed E-state index contributed by atoms with van der Waals surface area (Å²) in [4.78, 5) is 40.0. The highest BCUT2D eigenvalue weighted by Gasteiger charge is 2.47. The molecular formula is C23H32N2O5. The Balaban J connectivity index is 1.76. The maximum atomic E-state index is 12.9. The van der Waals surface area contributed by atoms with Gasteiger partial charge in [-0.3, -0.25) is 9.59 Å². The van der Waals surface area contributed by atoms with Crippen molar-refractivity contribution in [1.29, 1.82) is 0 Å². The van der Waals surface area contributed by atoms with E-state index >= 15 is 0 Å². The average molecular weight is 417 g/mol. The number of amides is 2. The van der Waals surface area contributed by atoms with Crippen molar-refractivity contribution in [2.24, 2.45) is 5.92 Å². The average Bonchev–Trinajstić information content (AvgIpc) is 3.06. The molecule has 0 radical (unpaired) electrons. The number of carbonyl (C=O) groups excluding carboxylic acids is 2. The lowest BCUT2D eigenvalue weighted by atomic mass is 9.82. The molecule has 3 rings (SSSR count). The maximum absolute atomic E-state index is 12.9. The molecule has 1 aromatic rings. The van der Waals surface area contributed by atoms with E-state index in [1.54, 1.807) is 4.90 Å². The third kappa shape index (κ3) is 5.32. The van der Waals surface area contributed by atoms with Crippen molar-refractivity contribution in [3.63, 3.8) is 0 Å². The van der Waals surface area contributed by atoms with Gasteiger partial charge < -0.3 is 19.6 Å². The number of hydrogen-bond donors (Lipinski definition) is 1. The highest BCUT2D eigenvalue weighted by Crippen LogP contribution is 2.42. The number of hydrogen-bond acceptors (Lipinski definition) is 4. The predicted octanol–water partition coefficient (Wildman–Crippen LogP) is 3.49.